The van der Waals surface area contributed by atoms with Crippen molar-refractivity contribution in [3.8, 4) is 6.07 Å². The lowest BCUT2D eigenvalue weighted by molar-refractivity contribution is 0.102. The Hall–Kier alpha value is -3.72. The van der Waals surface area contributed by atoms with Gasteiger partial charge in [0, 0.05) is 17.4 Å². The maximum Gasteiger partial charge on any atom is 0.274 e. The Labute approximate surface area is 164 Å². The number of hydrogen-bond donors (Lipinski definition) is 2. The van der Waals surface area contributed by atoms with Crippen LogP contribution in [0.5, 0.6) is 0 Å². The molecule has 28 heavy (non-hydrogen) atoms. The van der Waals surface area contributed by atoms with Crippen molar-refractivity contribution in [3.05, 3.63) is 77.2 Å². The van der Waals surface area contributed by atoms with Crippen molar-refractivity contribution in [2.75, 3.05) is 10.6 Å². The van der Waals surface area contributed by atoms with Gasteiger partial charge in [-0.3, -0.25) is 4.79 Å². The molecule has 0 aliphatic rings. The molecule has 0 bridgehead atoms. The van der Waals surface area contributed by atoms with Crippen molar-refractivity contribution in [1.29, 1.82) is 5.26 Å². The number of aryl methyl sites for hydroxylation is 1. The van der Waals surface area contributed by atoms with E-state index in [0.29, 0.717) is 22.9 Å². The highest BCUT2D eigenvalue weighted by atomic mass is 16.1. The van der Waals surface area contributed by atoms with Crippen molar-refractivity contribution in [2.24, 2.45) is 0 Å². The Morgan fingerprint density at radius 3 is 2.61 bits per heavy atom. The zero-order valence-corrected chi connectivity index (χ0v) is 16.0. The average molecular weight is 371 g/mol. The van der Waals surface area contributed by atoms with Crippen molar-refractivity contribution >= 4 is 23.1 Å². The summed E-state index contributed by atoms with van der Waals surface area (Å²) >= 11 is 0. The predicted octanol–water partition coefficient (Wildman–Crippen LogP) is 4.78. The summed E-state index contributed by atoms with van der Waals surface area (Å²) in [5.41, 5.74) is 3.36. The second-order valence-electron chi connectivity index (χ2n) is 6.70. The molecule has 0 saturated carbocycles. The second-order valence-corrected chi connectivity index (χ2v) is 6.70. The molecule has 1 amide bonds. The molecular formula is C22H21N5O. The third-order valence-electron chi connectivity index (χ3n) is 4.17. The molecule has 6 heteroatoms. The SMILES string of the molecule is Cc1nc(Nc2cccc(C#N)c2)cc(C(=O)Nc2ccccc2C(C)C)n1. The first-order valence-corrected chi connectivity index (χ1v) is 8.99. The van der Waals surface area contributed by atoms with Crippen LogP contribution in [0.2, 0.25) is 0 Å². The number of nitriles is 1. The van der Waals surface area contributed by atoms with E-state index in [4.69, 9.17) is 5.26 Å². The first kappa shape index (κ1) is 19.1. The van der Waals surface area contributed by atoms with Gasteiger partial charge in [-0.1, -0.05) is 38.1 Å². The van der Waals surface area contributed by atoms with Crippen molar-refractivity contribution in [1.82, 2.24) is 9.97 Å². The zero-order chi connectivity index (χ0) is 20.1. The van der Waals surface area contributed by atoms with E-state index in [-0.39, 0.29) is 17.5 Å². The van der Waals surface area contributed by atoms with Gasteiger partial charge in [-0.15, -0.1) is 0 Å². The number of rotatable bonds is 5. The molecule has 0 radical (unpaired) electrons. The van der Waals surface area contributed by atoms with E-state index >= 15 is 0 Å². The molecule has 1 heterocycles. The molecule has 1 aromatic heterocycles. The fourth-order valence-electron chi connectivity index (χ4n) is 2.86. The minimum absolute atomic E-state index is 0.269. The first-order valence-electron chi connectivity index (χ1n) is 8.99. The summed E-state index contributed by atoms with van der Waals surface area (Å²) in [7, 11) is 0. The second kappa shape index (κ2) is 8.31. The number of benzene rings is 2. The maximum atomic E-state index is 12.8. The number of aromatic nitrogens is 2. The summed E-state index contributed by atoms with van der Waals surface area (Å²) in [6.45, 7) is 5.89. The molecule has 0 spiro atoms. The van der Waals surface area contributed by atoms with Crippen LogP contribution in [0.15, 0.2) is 54.6 Å². The van der Waals surface area contributed by atoms with Gasteiger partial charge in [0.05, 0.1) is 11.6 Å². The number of carbonyl (C=O) groups excluding carboxylic acids is 1. The maximum absolute atomic E-state index is 12.8. The van der Waals surface area contributed by atoms with Gasteiger partial charge in [-0.2, -0.15) is 5.26 Å². The Morgan fingerprint density at radius 1 is 1.07 bits per heavy atom. The molecule has 2 N–H and O–H groups in total. The zero-order valence-electron chi connectivity index (χ0n) is 16.0. The molecule has 0 aliphatic heterocycles. The van der Waals surface area contributed by atoms with E-state index in [1.165, 1.54) is 0 Å². The Morgan fingerprint density at radius 2 is 1.86 bits per heavy atom. The van der Waals surface area contributed by atoms with Crippen LogP contribution in [0.4, 0.5) is 17.2 Å². The molecule has 3 rings (SSSR count). The van der Waals surface area contributed by atoms with Crippen LogP contribution in [0, 0.1) is 18.3 Å². The molecule has 0 fully saturated rings. The predicted molar refractivity (Wildman–Crippen MR) is 110 cm³/mol. The van der Waals surface area contributed by atoms with Gasteiger partial charge >= 0.3 is 0 Å². The molecule has 6 nitrogen and oxygen atoms in total. The number of hydrogen-bond acceptors (Lipinski definition) is 5. The smallest absolute Gasteiger partial charge is 0.274 e. The molecule has 140 valence electrons. The normalized spacial score (nSPS) is 10.4. The summed E-state index contributed by atoms with van der Waals surface area (Å²) in [5.74, 6) is 0.953. The van der Waals surface area contributed by atoms with E-state index in [0.717, 1.165) is 11.3 Å². The molecule has 0 atom stereocenters. The van der Waals surface area contributed by atoms with E-state index < -0.39 is 0 Å². The van der Waals surface area contributed by atoms with E-state index in [1.807, 2.05) is 30.3 Å². The van der Waals surface area contributed by atoms with Gasteiger partial charge in [0.2, 0.25) is 0 Å². The highest BCUT2D eigenvalue weighted by Crippen LogP contribution is 2.24. The monoisotopic (exact) mass is 371 g/mol. The molecule has 0 saturated heterocycles. The Bertz CT molecular complexity index is 1050. The van der Waals surface area contributed by atoms with Crippen LogP contribution in [-0.2, 0) is 0 Å². The van der Waals surface area contributed by atoms with Crippen molar-refractivity contribution < 1.29 is 4.79 Å². The lowest BCUT2D eigenvalue weighted by Gasteiger charge is -2.14. The molecule has 0 unspecified atom stereocenters. The van der Waals surface area contributed by atoms with Crippen LogP contribution in [0.3, 0.4) is 0 Å². The van der Waals surface area contributed by atoms with Crippen LogP contribution < -0.4 is 10.6 Å². The number of anilines is 3. The molecule has 0 aliphatic carbocycles. The number of carbonyl (C=O) groups is 1. The summed E-state index contributed by atoms with van der Waals surface area (Å²) in [5, 5.41) is 15.1. The van der Waals surface area contributed by atoms with Crippen LogP contribution in [-0.4, -0.2) is 15.9 Å². The highest BCUT2D eigenvalue weighted by molar-refractivity contribution is 6.03. The summed E-state index contributed by atoms with van der Waals surface area (Å²) in [6, 6.07) is 18.5. The van der Waals surface area contributed by atoms with Crippen molar-refractivity contribution in [3.63, 3.8) is 0 Å². The summed E-state index contributed by atoms with van der Waals surface area (Å²) in [4.78, 5) is 21.4. The van der Waals surface area contributed by atoms with Gasteiger partial charge in [0.25, 0.3) is 5.91 Å². The lowest BCUT2D eigenvalue weighted by Crippen LogP contribution is -2.16. The molecule has 2 aromatic carbocycles. The molecular weight excluding hydrogens is 350 g/mol. The van der Waals surface area contributed by atoms with Gasteiger partial charge in [-0.25, -0.2) is 9.97 Å². The van der Waals surface area contributed by atoms with Crippen LogP contribution in [0.1, 0.15) is 47.2 Å². The van der Waals surface area contributed by atoms with Gasteiger partial charge < -0.3 is 10.6 Å². The standard InChI is InChI=1S/C22H21N5O/c1-14(2)18-9-4-5-10-19(18)27-22(28)20-12-21(25-15(3)24-20)26-17-8-6-7-16(11-17)13-23/h4-12,14H,1-3H3,(H,27,28)(H,24,25,26). The fourth-order valence-corrected chi connectivity index (χ4v) is 2.86. The fraction of sp³-hybridized carbons (Fsp3) is 0.182. The van der Waals surface area contributed by atoms with Crippen LogP contribution >= 0.6 is 0 Å². The minimum Gasteiger partial charge on any atom is -0.340 e. The number of nitrogens with zero attached hydrogens (tertiary/aromatic N) is 3. The average Bonchev–Trinajstić information content (AvgIpc) is 2.68. The summed E-state index contributed by atoms with van der Waals surface area (Å²) in [6.07, 6.45) is 0. The van der Waals surface area contributed by atoms with Gasteiger partial charge in [0.1, 0.15) is 17.3 Å². The minimum atomic E-state index is -0.299. The largest absolute Gasteiger partial charge is 0.340 e. The quantitative estimate of drug-likeness (QED) is 0.674. The lowest BCUT2D eigenvalue weighted by atomic mass is 10.0. The third-order valence-corrected chi connectivity index (χ3v) is 4.17. The van der Waals surface area contributed by atoms with E-state index in [9.17, 15) is 4.79 Å². The third kappa shape index (κ3) is 4.51. The molecule has 3 aromatic rings. The number of amides is 1. The summed E-state index contributed by atoms with van der Waals surface area (Å²) < 4.78 is 0. The van der Waals surface area contributed by atoms with Crippen molar-refractivity contribution in [2.45, 2.75) is 26.7 Å². The Balaban J connectivity index is 1.85. The van der Waals surface area contributed by atoms with E-state index in [2.05, 4.69) is 40.5 Å². The van der Waals surface area contributed by atoms with E-state index in [1.54, 1.807) is 31.2 Å². The van der Waals surface area contributed by atoms with Gasteiger partial charge in [-0.05, 0) is 42.7 Å². The Kier molecular flexibility index (Phi) is 5.66. The topological polar surface area (TPSA) is 90.7 Å². The highest BCUT2D eigenvalue weighted by Gasteiger charge is 2.14. The number of para-hydroxylation sites is 1. The van der Waals surface area contributed by atoms with Crippen LogP contribution in [0.25, 0.3) is 0 Å². The first-order chi connectivity index (χ1) is 13.5. The van der Waals surface area contributed by atoms with Gasteiger partial charge in [0.15, 0.2) is 0 Å². The number of nitrogens with one attached hydrogen (secondary N) is 2.